The zero-order valence-corrected chi connectivity index (χ0v) is 60.7. The molecule has 4 aliphatic heterocycles. The van der Waals surface area contributed by atoms with E-state index in [0.717, 1.165) is 76.6 Å². The number of nitrogens with two attached hydrogens (primary N) is 2. The molecule has 14 atom stereocenters. The van der Waals surface area contributed by atoms with Crippen LogP contribution in [0.4, 0.5) is 0 Å². The zero-order chi connectivity index (χ0) is 75.6. The number of nitrogens with zero attached hydrogens (tertiary/aromatic N) is 1. The summed E-state index contributed by atoms with van der Waals surface area (Å²) in [7, 11) is 4.85. The summed E-state index contributed by atoms with van der Waals surface area (Å²) in [5, 5.41) is 70.8. The molecule has 0 aromatic heterocycles. The molecule has 2 aromatic rings. The van der Waals surface area contributed by atoms with Crippen LogP contribution in [-0.4, -0.2) is 259 Å². The SMILES string of the molecule is CCOC(=O)[C@H](Cc1ccc(O)cc1)NC(=O)C1CSSCC2NC(=O)[C@H](Cc3ccc(O)cc3)NC(=O)C(CCC(=O)O)NC(=O)C3CSSCC(NC(=O)C(C)NC(=O)C4CCCN4C(=O)[C@H](CC(N)=O)NC(=O)C(CSSCC(N)C(=O)N3)NC2=O)C(=O)NC(C(C)O)C(=O)NCC(=O)N1. The molecule has 11 unspecified atom stereocenters. The van der Waals surface area contributed by atoms with Gasteiger partial charge in [0.1, 0.15) is 84.0 Å². The van der Waals surface area contributed by atoms with Gasteiger partial charge in [-0.3, -0.25) is 71.9 Å². The minimum Gasteiger partial charge on any atom is -0.508 e. The maximum atomic E-state index is 15.2. The van der Waals surface area contributed by atoms with Crippen LogP contribution in [0.1, 0.15) is 64.0 Å². The molecule has 6 rings (SSSR count). The lowest BCUT2D eigenvalue weighted by atomic mass is 10.0. The first-order valence-electron chi connectivity index (χ1n) is 32.2. The standard InChI is InChI=1S/C61H83N15O21S6/c1-4-97-61(96)38(19-31-9-13-33(79)14-10-31)70-53(88)39-23-100-102-26-42-56(91)74-41-25-99-98-22-34(62)50(85)72-40(54(89)67-35(15-16-47(82)83)51(86)68-36(52(87)73-42)18-30-7-11-32(78)12-8-30)24-101-103-27-43(57(92)75-48(29(3)77)59(94)64-21-46(81)66-39)71-49(84)28(2)65-58(93)44-6-5-17-76(44)60(95)37(20-45(63)80)69-55(41)90/h7-14,28-29,34-44,48,77-79H,4-6,15-27,62H2,1-3H3,(H2,63,80)(H,64,94)(H,65,93)(H,66,81)(H,67,89)(H,68,86)(H,69,90)(H,70,88)(H,71,84)(H,72,85)(H,73,87)(H,74,91)(H,75,92)(H,82,83)/t28?,29?,34?,35?,36-,37-,38-,39?,40?,41?,42?,43?,44?,48?/m0/s1. The maximum Gasteiger partial charge on any atom is 0.328 e. The van der Waals surface area contributed by atoms with Gasteiger partial charge in [-0.15, -0.1) is 0 Å². The second-order valence-electron chi connectivity index (χ2n) is 23.9. The summed E-state index contributed by atoms with van der Waals surface area (Å²) in [5.41, 5.74) is 12.8. The maximum absolute atomic E-state index is 15.2. The number of aliphatic carboxylic acids is 1. The van der Waals surface area contributed by atoms with Crippen molar-refractivity contribution in [1.82, 2.24) is 68.7 Å². The second-order valence-corrected chi connectivity index (χ2v) is 31.5. The molecule has 0 saturated carbocycles. The van der Waals surface area contributed by atoms with Crippen molar-refractivity contribution in [2.75, 3.05) is 54.2 Å². The van der Waals surface area contributed by atoms with Gasteiger partial charge in [-0.25, -0.2) is 4.79 Å². The van der Waals surface area contributed by atoms with Crippen LogP contribution in [0.25, 0.3) is 0 Å². The molecule has 36 nitrogen and oxygen atoms in total. The third-order valence-corrected chi connectivity index (χ3v) is 23.1. The molecule has 0 aliphatic carbocycles. The van der Waals surface area contributed by atoms with Crippen molar-refractivity contribution >= 4 is 159 Å². The van der Waals surface area contributed by atoms with Crippen molar-refractivity contribution in [3.63, 3.8) is 0 Å². The lowest BCUT2D eigenvalue weighted by molar-refractivity contribution is -0.147. The highest BCUT2D eigenvalue weighted by Crippen LogP contribution is 2.28. The van der Waals surface area contributed by atoms with E-state index in [9.17, 15) is 87.5 Å². The molecular formula is C61H83N15O21S6. The number of carbonyl (C=O) groups is 16. The molecule has 564 valence electrons. The van der Waals surface area contributed by atoms with Crippen molar-refractivity contribution in [3.05, 3.63) is 59.7 Å². The number of benzene rings is 2. The van der Waals surface area contributed by atoms with E-state index in [-0.39, 0.29) is 55.2 Å². The Balaban J connectivity index is 1.56. The number of hydrogen-bond donors (Lipinski definition) is 18. The van der Waals surface area contributed by atoms with Crippen molar-refractivity contribution in [1.29, 1.82) is 0 Å². The highest BCUT2D eigenvalue weighted by molar-refractivity contribution is 8.77. The number of amides is 14. The minimum atomic E-state index is -1.91. The zero-order valence-electron chi connectivity index (χ0n) is 55.8. The van der Waals surface area contributed by atoms with Crippen LogP contribution in [0, 0.1) is 0 Å². The molecule has 2 aromatic carbocycles. The lowest BCUT2D eigenvalue weighted by Gasteiger charge is -2.30. The molecule has 4 heterocycles. The molecule has 0 spiro atoms. The van der Waals surface area contributed by atoms with E-state index in [2.05, 4.69) is 63.8 Å². The number of aliphatic hydroxyl groups excluding tert-OH is 1. The fourth-order valence-corrected chi connectivity index (χ4v) is 17.2. The van der Waals surface area contributed by atoms with Crippen molar-refractivity contribution in [2.45, 2.75) is 150 Å². The number of carboxylic acids is 1. The van der Waals surface area contributed by atoms with Crippen molar-refractivity contribution in [2.24, 2.45) is 11.5 Å². The monoisotopic (exact) mass is 1550 g/mol. The number of aromatic hydroxyl groups is 2. The third kappa shape index (κ3) is 26.7. The average molecular weight is 1550 g/mol. The minimum absolute atomic E-state index is 0.00464. The first-order chi connectivity index (χ1) is 48.9. The number of primary amides is 1. The van der Waals surface area contributed by atoms with Gasteiger partial charge in [0.25, 0.3) is 0 Å². The number of nitrogens with one attached hydrogen (secondary N) is 12. The predicted octanol–water partition coefficient (Wildman–Crippen LogP) is -5.46. The van der Waals surface area contributed by atoms with Crippen LogP contribution in [0.2, 0.25) is 0 Å². The van der Waals surface area contributed by atoms with Gasteiger partial charge in [0.15, 0.2) is 0 Å². The number of esters is 1. The van der Waals surface area contributed by atoms with Crippen LogP contribution < -0.4 is 75.3 Å². The van der Waals surface area contributed by atoms with Gasteiger partial charge >= 0.3 is 11.9 Å². The third-order valence-electron chi connectivity index (χ3n) is 15.8. The Bertz CT molecular complexity index is 3440. The van der Waals surface area contributed by atoms with Crippen LogP contribution in [0.3, 0.4) is 0 Å². The summed E-state index contributed by atoms with van der Waals surface area (Å²) in [6, 6.07) is -11.0. The molecule has 4 fully saturated rings. The highest BCUT2D eigenvalue weighted by Gasteiger charge is 2.42. The normalized spacial score (nSPS) is 27.0. The van der Waals surface area contributed by atoms with E-state index in [1.54, 1.807) is 0 Å². The molecule has 4 saturated heterocycles. The second kappa shape index (κ2) is 41.2. The van der Waals surface area contributed by atoms with Crippen molar-refractivity contribution < 1.29 is 102 Å². The summed E-state index contributed by atoms with van der Waals surface area (Å²) in [6.07, 6.45) is -4.52. The van der Waals surface area contributed by atoms with Crippen LogP contribution in [0.15, 0.2) is 48.5 Å². The summed E-state index contributed by atoms with van der Waals surface area (Å²) in [6.45, 7) is 2.60. The van der Waals surface area contributed by atoms with Gasteiger partial charge in [0.2, 0.25) is 82.7 Å². The fraction of sp³-hybridized carbons (Fsp3) is 0.541. The summed E-state index contributed by atoms with van der Waals surface area (Å²) < 4.78 is 5.27. The largest absolute Gasteiger partial charge is 0.508 e. The Hall–Kier alpha value is -8.42. The molecule has 103 heavy (non-hydrogen) atoms. The predicted molar refractivity (Wildman–Crippen MR) is 380 cm³/mol. The molecular weight excluding hydrogens is 1470 g/mol. The Kier molecular flexibility index (Phi) is 33.4. The Morgan fingerprint density at radius 2 is 1.10 bits per heavy atom. The lowest BCUT2D eigenvalue weighted by Crippen LogP contribution is -2.61. The first kappa shape index (κ1) is 83.5. The Morgan fingerprint density at radius 1 is 0.602 bits per heavy atom. The smallest absolute Gasteiger partial charge is 0.328 e. The van der Waals surface area contributed by atoms with Crippen molar-refractivity contribution in [3.8, 4) is 11.5 Å². The van der Waals surface area contributed by atoms with E-state index in [0.29, 0.717) is 5.56 Å². The number of carbonyl (C=O) groups excluding carboxylic acids is 15. The van der Waals surface area contributed by atoms with Gasteiger partial charge < -0.3 is 105 Å². The van der Waals surface area contributed by atoms with E-state index in [1.165, 1.54) is 62.4 Å². The highest BCUT2D eigenvalue weighted by atomic mass is 33.1. The van der Waals surface area contributed by atoms with Gasteiger partial charge in [0.05, 0.1) is 31.7 Å². The number of rotatable bonds is 14. The molecule has 4 bridgehead atoms. The van der Waals surface area contributed by atoms with Crippen LogP contribution in [0.5, 0.6) is 11.5 Å². The van der Waals surface area contributed by atoms with E-state index in [4.69, 9.17) is 16.2 Å². The topological polar surface area (TPSA) is 563 Å². The average Bonchev–Trinajstić information content (AvgIpc) is 1.82. The number of ether oxygens (including phenoxy) is 1. The Morgan fingerprint density at radius 3 is 1.66 bits per heavy atom. The Labute approximate surface area is 613 Å². The van der Waals surface area contributed by atoms with Gasteiger partial charge in [-0.1, -0.05) is 89.0 Å². The molecule has 42 heteroatoms. The van der Waals surface area contributed by atoms with E-state index in [1.807, 2.05) is 0 Å². The number of phenolic OH excluding ortho intramolecular Hbond substituents is 2. The molecule has 20 N–H and O–H groups in total. The fourth-order valence-electron chi connectivity index (χ4n) is 10.3. The summed E-state index contributed by atoms with van der Waals surface area (Å²) >= 11 is 0. The van der Waals surface area contributed by atoms with Crippen LogP contribution in [-0.2, 0) is 94.3 Å². The van der Waals surface area contributed by atoms with Gasteiger partial charge in [-0.05, 0) is 75.4 Å². The summed E-state index contributed by atoms with van der Waals surface area (Å²) in [5.74, 6) is -20.7. The number of aliphatic hydroxyl groups is 1. The number of phenols is 2. The number of hydrogen-bond acceptors (Lipinski definition) is 27. The van der Waals surface area contributed by atoms with E-state index < -0.39 is 240 Å². The van der Waals surface area contributed by atoms with Crippen LogP contribution >= 0.6 is 64.8 Å². The van der Waals surface area contributed by atoms with Gasteiger partial charge in [-0.2, -0.15) is 0 Å². The summed E-state index contributed by atoms with van der Waals surface area (Å²) in [4.78, 5) is 228. The quantitative estimate of drug-likeness (QED) is 0.0477. The molecule has 0 radical (unpaired) electrons. The van der Waals surface area contributed by atoms with Gasteiger partial charge in [0, 0.05) is 60.3 Å². The number of carboxylic acid groups (broad SMARTS) is 1. The van der Waals surface area contributed by atoms with E-state index >= 15 is 9.59 Å². The molecule has 4 aliphatic rings. The molecule has 14 amide bonds. The number of fused-ring (bicyclic) bond motifs is 20. The first-order valence-corrected chi connectivity index (χ1v) is 39.7.